The van der Waals surface area contributed by atoms with Gasteiger partial charge in [0.15, 0.2) is 0 Å². The topological polar surface area (TPSA) is 63.4 Å². The van der Waals surface area contributed by atoms with Crippen molar-refractivity contribution in [3.8, 4) is 11.5 Å². The molecule has 1 heterocycles. The summed E-state index contributed by atoms with van der Waals surface area (Å²) in [4.78, 5) is 16.2. The molecule has 1 atom stereocenters. The molecule has 1 amide bonds. The number of ether oxygens (including phenoxy) is 2. The van der Waals surface area contributed by atoms with Crippen LogP contribution in [0, 0.1) is 6.92 Å². The van der Waals surface area contributed by atoms with Crippen LogP contribution in [0.5, 0.6) is 11.5 Å². The first-order valence-electron chi connectivity index (χ1n) is 9.27. The average Bonchev–Trinajstić information content (AvgIpc) is 3.03. The van der Waals surface area contributed by atoms with Crippen LogP contribution < -0.4 is 14.8 Å². The number of carbonyl (C=O) groups is 1. The number of fused-ring (bicyclic) bond motifs is 1. The number of carbonyl (C=O) groups excluding carboxylic acids is 1. The first kappa shape index (κ1) is 18.8. The molecule has 0 spiro atoms. The van der Waals surface area contributed by atoms with E-state index in [-0.39, 0.29) is 11.9 Å². The number of aryl methyl sites for hydroxylation is 1. The van der Waals surface area contributed by atoms with Gasteiger partial charge >= 0.3 is 0 Å². The Labute approximate surface area is 159 Å². The molecule has 3 rings (SSSR count). The summed E-state index contributed by atoms with van der Waals surface area (Å²) in [6.07, 6.45) is 0.797. The van der Waals surface area contributed by atoms with Crippen molar-refractivity contribution in [1.29, 1.82) is 0 Å². The first-order chi connectivity index (χ1) is 13.1. The van der Waals surface area contributed by atoms with Crippen LogP contribution >= 0.6 is 0 Å². The predicted octanol–water partition coefficient (Wildman–Crippen LogP) is 4.76. The minimum absolute atomic E-state index is 0.0618. The summed E-state index contributed by atoms with van der Waals surface area (Å²) in [5.74, 6) is 1.50. The molecular formula is C22H26N2O3. The molecule has 2 N–H and O–H groups in total. The number of benzene rings is 2. The molecule has 0 aliphatic heterocycles. The van der Waals surface area contributed by atoms with Crippen molar-refractivity contribution < 1.29 is 14.3 Å². The number of methoxy groups -OCH3 is 1. The summed E-state index contributed by atoms with van der Waals surface area (Å²) in [6, 6.07) is 13.6. The maximum atomic E-state index is 12.9. The summed E-state index contributed by atoms with van der Waals surface area (Å²) in [5.41, 5.74) is 3.50. The molecule has 0 aliphatic rings. The van der Waals surface area contributed by atoms with Crippen LogP contribution in [0.3, 0.4) is 0 Å². The number of aromatic nitrogens is 1. The van der Waals surface area contributed by atoms with Crippen LogP contribution in [0.25, 0.3) is 10.9 Å². The highest BCUT2D eigenvalue weighted by Crippen LogP contribution is 2.27. The quantitative estimate of drug-likeness (QED) is 0.633. The summed E-state index contributed by atoms with van der Waals surface area (Å²) in [5, 5.41) is 4.14. The Hall–Kier alpha value is -2.95. The Morgan fingerprint density at radius 1 is 1.11 bits per heavy atom. The number of hydrogen-bond donors (Lipinski definition) is 2. The van der Waals surface area contributed by atoms with Gasteiger partial charge in [0.1, 0.15) is 17.2 Å². The van der Waals surface area contributed by atoms with Gasteiger partial charge in [-0.05, 0) is 61.7 Å². The first-order valence-corrected chi connectivity index (χ1v) is 9.27. The molecule has 5 heteroatoms. The van der Waals surface area contributed by atoms with E-state index in [4.69, 9.17) is 9.47 Å². The van der Waals surface area contributed by atoms with Gasteiger partial charge < -0.3 is 19.8 Å². The van der Waals surface area contributed by atoms with Crippen molar-refractivity contribution in [2.24, 2.45) is 0 Å². The number of rotatable bonds is 7. The standard InChI is InChI=1S/C22H26N2O3/c1-5-19(15-7-9-16(26-4)10-8-15)24-22(25)21-14(3)18-13-17(27-6-2)11-12-20(18)23-21/h7-13,19,23H,5-6H2,1-4H3,(H,24,25). The predicted molar refractivity (Wildman–Crippen MR) is 108 cm³/mol. The second-order valence-corrected chi connectivity index (χ2v) is 6.47. The van der Waals surface area contributed by atoms with Gasteiger partial charge in [-0.25, -0.2) is 0 Å². The van der Waals surface area contributed by atoms with Gasteiger partial charge in [-0.3, -0.25) is 4.79 Å². The van der Waals surface area contributed by atoms with Gasteiger partial charge in [0.25, 0.3) is 5.91 Å². The fourth-order valence-electron chi connectivity index (χ4n) is 3.28. The fraction of sp³-hybridized carbons (Fsp3) is 0.318. The van der Waals surface area contributed by atoms with Crippen LogP contribution in [-0.2, 0) is 0 Å². The van der Waals surface area contributed by atoms with Crippen molar-refractivity contribution in [2.75, 3.05) is 13.7 Å². The lowest BCUT2D eigenvalue weighted by Gasteiger charge is -2.17. The molecule has 142 valence electrons. The van der Waals surface area contributed by atoms with Crippen molar-refractivity contribution in [3.63, 3.8) is 0 Å². The van der Waals surface area contributed by atoms with E-state index >= 15 is 0 Å². The second-order valence-electron chi connectivity index (χ2n) is 6.47. The molecule has 1 aromatic heterocycles. The van der Waals surface area contributed by atoms with E-state index in [2.05, 4.69) is 17.2 Å². The highest BCUT2D eigenvalue weighted by atomic mass is 16.5. The zero-order valence-electron chi connectivity index (χ0n) is 16.3. The van der Waals surface area contributed by atoms with E-state index in [1.54, 1.807) is 7.11 Å². The summed E-state index contributed by atoms with van der Waals surface area (Å²) in [7, 11) is 1.64. The minimum atomic E-state index is -0.107. The normalized spacial score (nSPS) is 12.0. The highest BCUT2D eigenvalue weighted by Gasteiger charge is 2.19. The molecule has 0 aliphatic carbocycles. The number of H-pyrrole nitrogens is 1. The maximum absolute atomic E-state index is 12.9. The SMILES string of the molecule is CCOc1ccc2[nH]c(C(=O)NC(CC)c3ccc(OC)cc3)c(C)c2c1. The molecule has 0 radical (unpaired) electrons. The Morgan fingerprint density at radius 2 is 1.81 bits per heavy atom. The number of hydrogen-bond acceptors (Lipinski definition) is 3. The number of amides is 1. The molecule has 0 saturated carbocycles. The van der Waals surface area contributed by atoms with Gasteiger partial charge in [-0.2, -0.15) is 0 Å². The summed E-state index contributed by atoms with van der Waals surface area (Å²) in [6.45, 7) is 6.58. The van der Waals surface area contributed by atoms with E-state index in [1.165, 1.54) is 0 Å². The van der Waals surface area contributed by atoms with E-state index in [0.29, 0.717) is 12.3 Å². The molecule has 2 aromatic carbocycles. The van der Waals surface area contributed by atoms with E-state index in [0.717, 1.165) is 39.9 Å². The molecule has 5 nitrogen and oxygen atoms in total. The molecular weight excluding hydrogens is 340 g/mol. The van der Waals surface area contributed by atoms with Crippen molar-refractivity contribution in [2.45, 2.75) is 33.2 Å². The highest BCUT2D eigenvalue weighted by molar-refractivity contribution is 6.01. The average molecular weight is 366 g/mol. The zero-order valence-corrected chi connectivity index (χ0v) is 16.3. The fourth-order valence-corrected chi connectivity index (χ4v) is 3.28. The van der Waals surface area contributed by atoms with Crippen molar-refractivity contribution >= 4 is 16.8 Å². The molecule has 0 bridgehead atoms. The van der Waals surface area contributed by atoms with Gasteiger partial charge in [-0.15, -0.1) is 0 Å². The second kappa shape index (κ2) is 8.16. The lowest BCUT2D eigenvalue weighted by molar-refractivity contribution is 0.0930. The van der Waals surface area contributed by atoms with E-state index in [1.807, 2.05) is 56.3 Å². The smallest absolute Gasteiger partial charge is 0.268 e. The lowest BCUT2D eigenvalue weighted by Crippen LogP contribution is -2.28. The minimum Gasteiger partial charge on any atom is -0.497 e. The third-order valence-electron chi connectivity index (χ3n) is 4.80. The van der Waals surface area contributed by atoms with Crippen molar-refractivity contribution in [3.05, 3.63) is 59.3 Å². The van der Waals surface area contributed by atoms with E-state index < -0.39 is 0 Å². The van der Waals surface area contributed by atoms with Crippen LogP contribution in [0.2, 0.25) is 0 Å². The third kappa shape index (κ3) is 3.92. The van der Waals surface area contributed by atoms with Crippen molar-refractivity contribution in [1.82, 2.24) is 10.3 Å². The Kier molecular flexibility index (Phi) is 5.69. The monoisotopic (exact) mass is 366 g/mol. The number of nitrogens with one attached hydrogen (secondary N) is 2. The molecule has 27 heavy (non-hydrogen) atoms. The zero-order chi connectivity index (χ0) is 19.4. The Morgan fingerprint density at radius 3 is 2.44 bits per heavy atom. The summed E-state index contributed by atoms with van der Waals surface area (Å²) >= 11 is 0. The van der Waals surface area contributed by atoms with E-state index in [9.17, 15) is 4.79 Å². The molecule has 3 aromatic rings. The van der Waals surface area contributed by atoms with Crippen LogP contribution in [0.15, 0.2) is 42.5 Å². The molecule has 1 unspecified atom stereocenters. The Bertz CT molecular complexity index is 929. The third-order valence-corrected chi connectivity index (χ3v) is 4.80. The largest absolute Gasteiger partial charge is 0.497 e. The lowest BCUT2D eigenvalue weighted by atomic mass is 10.0. The summed E-state index contributed by atoms with van der Waals surface area (Å²) < 4.78 is 10.8. The Balaban J connectivity index is 1.84. The molecule has 0 saturated heterocycles. The van der Waals surface area contributed by atoms with Gasteiger partial charge in [-0.1, -0.05) is 19.1 Å². The van der Waals surface area contributed by atoms with Crippen LogP contribution in [0.1, 0.15) is 47.9 Å². The van der Waals surface area contributed by atoms with Gasteiger partial charge in [0.05, 0.1) is 19.8 Å². The molecule has 0 fully saturated rings. The maximum Gasteiger partial charge on any atom is 0.268 e. The number of aromatic amines is 1. The van der Waals surface area contributed by atoms with Gasteiger partial charge in [0.2, 0.25) is 0 Å². The van der Waals surface area contributed by atoms with Gasteiger partial charge in [0, 0.05) is 10.9 Å². The van der Waals surface area contributed by atoms with Crippen LogP contribution in [-0.4, -0.2) is 24.6 Å². The van der Waals surface area contributed by atoms with Crippen LogP contribution in [0.4, 0.5) is 0 Å².